The maximum atomic E-state index is 10.7. The highest BCUT2D eigenvalue weighted by molar-refractivity contribution is 5.34. The van der Waals surface area contributed by atoms with Crippen LogP contribution in [0.25, 0.3) is 0 Å². The summed E-state index contributed by atoms with van der Waals surface area (Å²) in [5.41, 5.74) is 1.03. The topological polar surface area (TPSA) is 66.6 Å². The first-order valence-corrected chi connectivity index (χ1v) is 6.69. The number of hydrogen-bond acceptors (Lipinski definition) is 4. The van der Waals surface area contributed by atoms with Crippen LogP contribution in [0.1, 0.15) is 31.2 Å². The van der Waals surface area contributed by atoms with Gasteiger partial charge in [0.1, 0.15) is 0 Å². The van der Waals surface area contributed by atoms with Gasteiger partial charge in [-0.15, -0.1) is 0 Å². The third-order valence-electron chi connectivity index (χ3n) is 3.81. The van der Waals surface area contributed by atoms with E-state index in [0.717, 1.165) is 31.2 Å². The number of nitrogens with zero attached hydrogens (tertiary/aromatic N) is 2. The van der Waals surface area contributed by atoms with Crippen molar-refractivity contribution < 1.29 is 10.0 Å². The normalized spacial score (nSPS) is 23.5. The molecular weight excluding hydrogens is 244 g/mol. The van der Waals surface area contributed by atoms with Gasteiger partial charge in [0.05, 0.1) is 11.0 Å². The van der Waals surface area contributed by atoms with Gasteiger partial charge in [-0.3, -0.25) is 15.0 Å². The molecule has 1 N–H and O–H groups in total. The molecule has 104 valence electrons. The lowest BCUT2D eigenvalue weighted by Crippen LogP contribution is -2.42. The van der Waals surface area contributed by atoms with E-state index in [4.69, 9.17) is 0 Å². The van der Waals surface area contributed by atoms with Crippen molar-refractivity contribution in [1.29, 1.82) is 0 Å². The molecule has 0 aliphatic heterocycles. The smallest absolute Gasteiger partial charge is 0.269 e. The van der Waals surface area contributed by atoms with Gasteiger partial charge >= 0.3 is 0 Å². The summed E-state index contributed by atoms with van der Waals surface area (Å²) < 4.78 is 0. The Morgan fingerprint density at radius 1 is 1.42 bits per heavy atom. The fourth-order valence-corrected chi connectivity index (χ4v) is 2.78. The lowest BCUT2D eigenvalue weighted by atomic mass is 9.91. The molecule has 2 atom stereocenters. The first kappa shape index (κ1) is 14.0. The number of rotatable bonds is 4. The zero-order valence-electron chi connectivity index (χ0n) is 11.2. The first-order valence-electron chi connectivity index (χ1n) is 6.69. The Kier molecular flexibility index (Phi) is 4.50. The number of aliphatic hydroxyl groups is 1. The molecule has 0 aromatic heterocycles. The summed E-state index contributed by atoms with van der Waals surface area (Å²) >= 11 is 0. The Hall–Kier alpha value is -1.46. The van der Waals surface area contributed by atoms with E-state index in [1.54, 1.807) is 12.1 Å². The lowest BCUT2D eigenvalue weighted by molar-refractivity contribution is -0.384. The summed E-state index contributed by atoms with van der Waals surface area (Å²) in [7, 11) is 1.97. The van der Waals surface area contributed by atoms with E-state index >= 15 is 0 Å². The molecule has 1 aliphatic carbocycles. The molecule has 19 heavy (non-hydrogen) atoms. The van der Waals surface area contributed by atoms with Crippen molar-refractivity contribution in [2.45, 2.75) is 44.4 Å². The summed E-state index contributed by atoms with van der Waals surface area (Å²) in [6.45, 7) is 0.628. The summed E-state index contributed by atoms with van der Waals surface area (Å²) in [6, 6.07) is 6.86. The maximum absolute atomic E-state index is 10.7. The largest absolute Gasteiger partial charge is 0.391 e. The molecule has 0 bridgehead atoms. The Morgan fingerprint density at radius 3 is 2.84 bits per heavy atom. The highest BCUT2D eigenvalue weighted by Crippen LogP contribution is 2.24. The quantitative estimate of drug-likeness (QED) is 0.669. The minimum Gasteiger partial charge on any atom is -0.391 e. The van der Waals surface area contributed by atoms with E-state index in [1.165, 1.54) is 6.07 Å². The number of nitro groups is 1. The third-order valence-corrected chi connectivity index (χ3v) is 3.81. The Labute approximate surface area is 113 Å². The van der Waals surface area contributed by atoms with Crippen LogP contribution in [0.3, 0.4) is 0 Å². The van der Waals surface area contributed by atoms with Crippen molar-refractivity contribution in [1.82, 2.24) is 4.90 Å². The third kappa shape index (κ3) is 3.52. The van der Waals surface area contributed by atoms with E-state index in [1.807, 2.05) is 13.1 Å². The summed E-state index contributed by atoms with van der Waals surface area (Å²) in [6.07, 6.45) is 3.79. The van der Waals surface area contributed by atoms with Crippen molar-refractivity contribution in [3.05, 3.63) is 39.9 Å². The number of non-ortho nitro benzene ring substituents is 1. The molecule has 1 fully saturated rings. The number of aliphatic hydroxyl groups excluding tert-OH is 1. The number of hydrogen-bond donors (Lipinski definition) is 1. The summed E-state index contributed by atoms with van der Waals surface area (Å²) in [5.74, 6) is 0. The number of likely N-dealkylation sites (N-methyl/N-ethyl adjacent to an activating group) is 1. The molecule has 0 saturated heterocycles. The van der Waals surface area contributed by atoms with Crippen LogP contribution in [0.5, 0.6) is 0 Å². The molecule has 2 unspecified atom stereocenters. The van der Waals surface area contributed by atoms with Gasteiger partial charge in [0.2, 0.25) is 0 Å². The van der Waals surface area contributed by atoms with Gasteiger partial charge in [0.15, 0.2) is 0 Å². The molecule has 5 nitrogen and oxygen atoms in total. The fourth-order valence-electron chi connectivity index (χ4n) is 2.78. The predicted molar refractivity (Wildman–Crippen MR) is 72.8 cm³/mol. The highest BCUT2D eigenvalue weighted by Gasteiger charge is 2.26. The van der Waals surface area contributed by atoms with Crippen LogP contribution >= 0.6 is 0 Å². The SMILES string of the molecule is CN(Cc1cccc([N+](=O)[O-])c1)C1CCCCC1O. The van der Waals surface area contributed by atoms with Crippen LogP contribution in [-0.4, -0.2) is 34.1 Å². The minimum atomic E-state index is -0.376. The summed E-state index contributed by atoms with van der Waals surface area (Å²) in [5, 5.41) is 20.8. The average molecular weight is 264 g/mol. The molecule has 0 amide bonds. The van der Waals surface area contributed by atoms with Crippen LogP contribution in [0, 0.1) is 10.1 Å². The van der Waals surface area contributed by atoms with Gasteiger partial charge in [0, 0.05) is 24.7 Å². The van der Waals surface area contributed by atoms with Crippen molar-refractivity contribution in [2.75, 3.05) is 7.05 Å². The van der Waals surface area contributed by atoms with Gasteiger partial charge in [0.25, 0.3) is 5.69 Å². The van der Waals surface area contributed by atoms with Crippen molar-refractivity contribution in [3.63, 3.8) is 0 Å². The van der Waals surface area contributed by atoms with Crippen molar-refractivity contribution in [2.24, 2.45) is 0 Å². The van der Waals surface area contributed by atoms with Crippen LogP contribution in [0.4, 0.5) is 5.69 Å². The zero-order chi connectivity index (χ0) is 13.8. The molecule has 5 heteroatoms. The van der Waals surface area contributed by atoms with Crippen molar-refractivity contribution in [3.8, 4) is 0 Å². The van der Waals surface area contributed by atoms with E-state index < -0.39 is 0 Å². The first-order chi connectivity index (χ1) is 9.08. The Morgan fingerprint density at radius 2 is 2.16 bits per heavy atom. The van der Waals surface area contributed by atoms with E-state index in [0.29, 0.717) is 6.54 Å². The second kappa shape index (κ2) is 6.12. The highest BCUT2D eigenvalue weighted by atomic mass is 16.6. The lowest BCUT2D eigenvalue weighted by Gasteiger charge is -2.35. The Bertz CT molecular complexity index is 450. The monoisotopic (exact) mass is 264 g/mol. The molecule has 0 heterocycles. The molecule has 1 aliphatic rings. The van der Waals surface area contributed by atoms with E-state index in [9.17, 15) is 15.2 Å². The molecule has 0 radical (unpaired) electrons. The standard InChI is InChI=1S/C14H20N2O3/c1-15(13-7-2-3-8-14(13)17)10-11-5-4-6-12(9-11)16(18)19/h4-6,9,13-14,17H,2-3,7-8,10H2,1H3. The van der Waals surface area contributed by atoms with Crippen LogP contribution in [0.2, 0.25) is 0 Å². The zero-order valence-corrected chi connectivity index (χ0v) is 11.2. The number of nitro benzene ring substituents is 1. The molecule has 2 rings (SSSR count). The molecule has 0 spiro atoms. The molecule has 1 aromatic carbocycles. The van der Waals surface area contributed by atoms with Gasteiger partial charge in [-0.05, 0) is 25.5 Å². The second-order valence-corrected chi connectivity index (χ2v) is 5.26. The fraction of sp³-hybridized carbons (Fsp3) is 0.571. The van der Waals surface area contributed by atoms with Gasteiger partial charge in [-0.25, -0.2) is 0 Å². The molecule has 1 saturated carbocycles. The maximum Gasteiger partial charge on any atom is 0.269 e. The van der Waals surface area contributed by atoms with E-state index in [-0.39, 0.29) is 22.8 Å². The molecular formula is C14H20N2O3. The van der Waals surface area contributed by atoms with Gasteiger partial charge < -0.3 is 5.11 Å². The van der Waals surface area contributed by atoms with Gasteiger partial charge in [-0.2, -0.15) is 0 Å². The van der Waals surface area contributed by atoms with E-state index in [2.05, 4.69) is 4.90 Å². The van der Waals surface area contributed by atoms with Crippen LogP contribution in [0.15, 0.2) is 24.3 Å². The van der Waals surface area contributed by atoms with Crippen LogP contribution < -0.4 is 0 Å². The second-order valence-electron chi connectivity index (χ2n) is 5.26. The predicted octanol–water partition coefficient (Wildman–Crippen LogP) is 2.33. The Balaban J connectivity index is 2.03. The van der Waals surface area contributed by atoms with Crippen LogP contribution in [-0.2, 0) is 6.54 Å². The average Bonchev–Trinajstić information content (AvgIpc) is 2.39. The molecule has 1 aromatic rings. The number of benzene rings is 1. The van der Waals surface area contributed by atoms with Gasteiger partial charge in [-0.1, -0.05) is 25.0 Å². The van der Waals surface area contributed by atoms with Crippen molar-refractivity contribution >= 4 is 5.69 Å². The minimum absolute atomic E-state index is 0.120. The summed E-state index contributed by atoms with van der Waals surface area (Å²) in [4.78, 5) is 12.5.